The molecule has 0 radical (unpaired) electrons. The van der Waals surface area contributed by atoms with E-state index in [1.54, 1.807) is 4.57 Å². The number of piperazine rings is 1. The zero-order valence-corrected chi connectivity index (χ0v) is 19.9. The van der Waals surface area contributed by atoms with Gasteiger partial charge in [0, 0.05) is 12.2 Å². The van der Waals surface area contributed by atoms with Crippen LogP contribution in [0.5, 0.6) is 5.75 Å². The first-order valence-corrected chi connectivity index (χ1v) is 11.3. The summed E-state index contributed by atoms with van der Waals surface area (Å²) >= 11 is 0. The lowest BCUT2D eigenvalue weighted by molar-refractivity contribution is -0.880. The number of quaternary nitrogens is 1. The second-order valence-electron chi connectivity index (χ2n) is 8.74. The van der Waals surface area contributed by atoms with Crippen molar-refractivity contribution in [2.75, 3.05) is 57.9 Å². The van der Waals surface area contributed by atoms with Gasteiger partial charge in [-0.15, -0.1) is 0 Å². The van der Waals surface area contributed by atoms with E-state index in [1.165, 1.54) is 17.2 Å². The lowest BCUT2D eigenvalue weighted by Crippen LogP contribution is -3.12. The van der Waals surface area contributed by atoms with Crippen molar-refractivity contribution in [1.29, 1.82) is 0 Å². The molecule has 1 unspecified atom stereocenters. The van der Waals surface area contributed by atoms with Gasteiger partial charge in [0.1, 0.15) is 30.6 Å². The van der Waals surface area contributed by atoms with Gasteiger partial charge in [0.15, 0.2) is 11.6 Å². The number of anilines is 1. The molecule has 3 N–H and O–H groups in total. The summed E-state index contributed by atoms with van der Waals surface area (Å²) in [7, 11) is 2.09. The molecular formula is C23H30FN3O8. The molecule has 0 saturated carbocycles. The van der Waals surface area contributed by atoms with E-state index in [-0.39, 0.29) is 23.6 Å². The number of nitrogens with zero attached hydrogens (tertiary/aromatic N) is 2. The number of carboxylic acid groups (broad SMARTS) is 1. The van der Waals surface area contributed by atoms with Crippen LogP contribution in [0.4, 0.5) is 10.1 Å². The second-order valence-corrected chi connectivity index (χ2v) is 8.74. The van der Waals surface area contributed by atoms with E-state index in [0.29, 0.717) is 30.0 Å². The van der Waals surface area contributed by atoms with E-state index in [1.807, 2.05) is 11.8 Å². The van der Waals surface area contributed by atoms with Crippen molar-refractivity contribution < 1.29 is 43.7 Å². The van der Waals surface area contributed by atoms with E-state index in [4.69, 9.17) is 24.5 Å². The van der Waals surface area contributed by atoms with Gasteiger partial charge in [-0.05, 0) is 19.9 Å². The molecule has 1 aromatic carbocycles. The van der Waals surface area contributed by atoms with Crippen molar-refractivity contribution in [2.45, 2.75) is 26.0 Å². The number of carbonyl (C=O) groups excluding carboxylic acids is 2. The fraction of sp³-hybridized carbons (Fsp3) is 0.522. The van der Waals surface area contributed by atoms with Crippen molar-refractivity contribution in [3.05, 3.63) is 33.9 Å². The van der Waals surface area contributed by atoms with Gasteiger partial charge in [-0.1, -0.05) is 0 Å². The number of benzene rings is 1. The molecule has 1 aromatic heterocycles. The quantitative estimate of drug-likeness (QED) is 0.390. The van der Waals surface area contributed by atoms with Crippen LogP contribution in [0.1, 0.15) is 30.2 Å². The van der Waals surface area contributed by atoms with Gasteiger partial charge in [0.05, 0.1) is 56.8 Å². The minimum atomic E-state index is -1.24. The number of likely N-dealkylation sites (N-methyl/N-ethyl adjacent to an activating group) is 1. The molecule has 35 heavy (non-hydrogen) atoms. The molecule has 0 bridgehead atoms. The largest absolute Gasteiger partial charge is 0.550 e. The zero-order valence-electron chi connectivity index (χ0n) is 19.9. The molecule has 0 spiro atoms. The number of hydrogen-bond donors (Lipinski definition) is 3. The van der Waals surface area contributed by atoms with Crippen LogP contribution in [0.15, 0.2) is 17.1 Å². The molecule has 12 heteroatoms. The SMILES string of the molecule is CC(=O)[O-].C[C@H]1COc2c(N3CC[NH+](C)CC3)c(F)cc3c(=O)c(C(=O)OCC(O)CO)cn1c23. The lowest BCUT2D eigenvalue weighted by Gasteiger charge is -2.35. The number of rotatable bonds is 5. The Labute approximate surface area is 200 Å². The topological polar surface area (TPSA) is 146 Å². The molecule has 192 valence electrons. The molecule has 1 fully saturated rings. The fourth-order valence-corrected chi connectivity index (χ4v) is 4.07. The maximum Gasteiger partial charge on any atom is 0.343 e. The lowest BCUT2D eigenvalue weighted by atomic mass is 10.1. The van der Waals surface area contributed by atoms with E-state index in [0.717, 1.165) is 20.0 Å². The summed E-state index contributed by atoms with van der Waals surface area (Å²) in [5, 5.41) is 27.2. The number of pyridine rings is 1. The minimum absolute atomic E-state index is 0.0414. The molecule has 1 saturated heterocycles. The predicted octanol–water partition coefficient (Wildman–Crippen LogP) is -2.31. The number of esters is 1. The van der Waals surface area contributed by atoms with Crippen molar-refractivity contribution in [1.82, 2.24) is 4.57 Å². The first-order chi connectivity index (χ1) is 16.5. The van der Waals surface area contributed by atoms with Crippen molar-refractivity contribution >= 4 is 28.5 Å². The third-order valence-electron chi connectivity index (χ3n) is 5.91. The maximum absolute atomic E-state index is 15.3. The van der Waals surface area contributed by atoms with Crippen LogP contribution >= 0.6 is 0 Å². The minimum Gasteiger partial charge on any atom is -0.550 e. The number of nitrogens with one attached hydrogen (secondary N) is 1. The third-order valence-corrected chi connectivity index (χ3v) is 5.91. The Bertz CT molecular complexity index is 1160. The third kappa shape index (κ3) is 5.72. The van der Waals surface area contributed by atoms with E-state index in [9.17, 15) is 14.7 Å². The Morgan fingerprint density at radius 3 is 2.60 bits per heavy atom. The summed E-state index contributed by atoms with van der Waals surface area (Å²) in [6.45, 7) is 5.15. The van der Waals surface area contributed by atoms with Crippen LogP contribution < -0.4 is 25.1 Å². The Hall–Kier alpha value is -3.22. The summed E-state index contributed by atoms with van der Waals surface area (Å²) in [5.41, 5.74) is -0.116. The number of aromatic nitrogens is 1. The number of aliphatic carboxylic acids is 1. The predicted molar refractivity (Wildman–Crippen MR) is 121 cm³/mol. The summed E-state index contributed by atoms with van der Waals surface area (Å²) in [5.74, 6) is -2.27. The molecule has 2 atom stereocenters. The number of hydrogen-bond acceptors (Lipinski definition) is 9. The molecule has 2 aromatic rings. The summed E-state index contributed by atoms with van der Waals surface area (Å²) in [6.07, 6.45) is 0.167. The number of halogens is 1. The molecule has 3 heterocycles. The average molecular weight is 496 g/mol. The summed E-state index contributed by atoms with van der Waals surface area (Å²) in [4.78, 5) is 37.7. The number of carbonyl (C=O) groups is 2. The van der Waals surface area contributed by atoms with Gasteiger partial charge in [0.2, 0.25) is 5.43 Å². The van der Waals surface area contributed by atoms with Crippen LogP contribution in [0.2, 0.25) is 0 Å². The zero-order chi connectivity index (χ0) is 25.9. The van der Waals surface area contributed by atoms with Crippen LogP contribution in [0, 0.1) is 5.82 Å². The number of aliphatic hydroxyl groups is 2. The van der Waals surface area contributed by atoms with Crippen molar-refractivity contribution in [3.8, 4) is 5.75 Å². The standard InChI is InChI=1S/C21H26FN3O6.C2H4O2/c1-12-10-30-20-17-14(7-16(22)18(20)24-5-3-23(2)4-6-24)19(28)15(8-25(12)17)21(29)31-11-13(27)9-26;1-2(3)4/h7-8,12-13,26-27H,3-6,9-11H2,1-2H3;1H3,(H,3,4)/t12-,13?;/m0./s1. The average Bonchev–Trinajstić information content (AvgIpc) is 2.81. The fourth-order valence-electron chi connectivity index (χ4n) is 4.07. The Balaban J connectivity index is 0.000000795. The molecule has 2 aliphatic heterocycles. The Morgan fingerprint density at radius 1 is 1.37 bits per heavy atom. The number of aliphatic hydroxyl groups excluding tert-OH is 2. The van der Waals surface area contributed by atoms with E-state index >= 15 is 4.39 Å². The molecule has 0 amide bonds. The van der Waals surface area contributed by atoms with Crippen molar-refractivity contribution in [3.63, 3.8) is 0 Å². The molecule has 11 nitrogen and oxygen atoms in total. The number of ether oxygens (including phenoxy) is 2. The second kappa shape index (κ2) is 11.0. The van der Waals surface area contributed by atoms with E-state index in [2.05, 4.69) is 7.05 Å². The van der Waals surface area contributed by atoms with Gasteiger partial charge in [0.25, 0.3) is 0 Å². The summed E-state index contributed by atoms with van der Waals surface area (Å²) in [6, 6.07) is 0.972. The van der Waals surface area contributed by atoms with Crippen molar-refractivity contribution in [2.24, 2.45) is 0 Å². The maximum atomic E-state index is 15.3. The Morgan fingerprint density at radius 2 is 2.00 bits per heavy atom. The first kappa shape index (κ1) is 26.4. The van der Waals surface area contributed by atoms with E-state index < -0.39 is 42.5 Å². The molecule has 0 aliphatic carbocycles. The highest BCUT2D eigenvalue weighted by Crippen LogP contribution is 2.41. The molecular weight excluding hydrogens is 465 g/mol. The highest BCUT2D eigenvalue weighted by Gasteiger charge is 2.31. The highest BCUT2D eigenvalue weighted by atomic mass is 19.1. The van der Waals surface area contributed by atoms with Gasteiger partial charge in [-0.3, -0.25) is 4.79 Å². The molecule has 4 rings (SSSR count). The van der Waals surface area contributed by atoms with Crippen LogP contribution in [0.25, 0.3) is 10.9 Å². The monoisotopic (exact) mass is 495 g/mol. The van der Waals surface area contributed by atoms with Crippen LogP contribution in [-0.2, 0) is 9.53 Å². The number of carboxylic acids is 1. The first-order valence-electron chi connectivity index (χ1n) is 11.3. The van der Waals surface area contributed by atoms with Gasteiger partial charge < -0.3 is 44.0 Å². The smallest absolute Gasteiger partial charge is 0.343 e. The van der Waals surface area contributed by atoms with Gasteiger partial charge in [-0.2, -0.15) is 0 Å². The van der Waals surface area contributed by atoms with Crippen LogP contribution in [-0.4, -0.2) is 85.9 Å². The normalized spacial score (nSPS) is 18.3. The summed E-state index contributed by atoms with van der Waals surface area (Å²) < 4.78 is 27.9. The molecule has 2 aliphatic rings. The highest BCUT2D eigenvalue weighted by molar-refractivity contribution is 5.98. The van der Waals surface area contributed by atoms with Gasteiger partial charge >= 0.3 is 5.97 Å². The van der Waals surface area contributed by atoms with Gasteiger partial charge in [-0.25, -0.2) is 9.18 Å². The Kier molecular flexibility index (Phi) is 8.30. The van der Waals surface area contributed by atoms with Crippen LogP contribution in [0.3, 0.4) is 0 Å².